The van der Waals surface area contributed by atoms with Crippen molar-refractivity contribution in [2.24, 2.45) is 7.05 Å². The molecule has 1 N–H and O–H groups in total. The first-order valence-corrected chi connectivity index (χ1v) is 9.33. The molecule has 142 valence electrons. The van der Waals surface area contributed by atoms with Crippen LogP contribution in [0.25, 0.3) is 0 Å². The summed E-state index contributed by atoms with van der Waals surface area (Å²) in [7, 11) is 1.84. The number of likely N-dealkylation sites (tertiary alicyclic amines) is 1. The Morgan fingerprint density at radius 3 is 2.52 bits per heavy atom. The Balaban J connectivity index is 1.52. The van der Waals surface area contributed by atoms with E-state index in [9.17, 15) is 9.59 Å². The highest BCUT2D eigenvalue weighted by atomic mass is 16.2. The molecule has 7 nitrogen and oxygen atoms in total. The standard InChI is InChI=1S/C20H25N5O2/c1-14-16(12-21-23(14)3)19(27)24-10-8-20(9-11-24)13-25(15(2)26)18-7-5-4-6-17(18)22-20/h4-7,12,22H,8-11,13H2,1-3H3. The van der Waals surface area contributed by atoms with Crippen LogP contribution in [0.15, 0.2) is 30.5 Å². The Morgan fingerprint density at radius 1 is 1.19 bits per heavy atom. The van der Waals surface area contributed by atoms with E-state index in [2.05, 4.69) is 10.4 Å². The lowest BCUT2D eigenvalue weighted by Gasteiger charge is -2.48. The van der Waals surface area contributed by atoms with E-state index in [1.165, 1.54) is 0 Å². The number of benzene rings is 1. The highest BCUT2D eigenvalue weighted by Crippen LogP contribution is 2.39. The largest absolute Gasteiger partial charge is 0.376 e. The van der Waals surface area contributed by atoms with Crippen molar-refractivity contribution >= 4 is 23.2 Å². The lowest BCUT2D eigenvalue weighted by molar-refractivity contribution is -0.116. The van der Waals surface area contributed by atoms with Crippen molar-refractivity contribution in [2.45, 2.75) is 32.2 Å². The van der Waals surface area contributed by atoms with Crippen molar-refractivity contribution in [1.29, 1.82) is 0 Å². The van der Waals surface area contributed by atoms with Crippen LogP contribution in [-0.2, 0) is 11.8 Å². The van der Waals surface area contributed by atoms with Gasteiger partial charge in [0, 0.05) is 39.3 Å². The lowest BCUT2D eigenvalue weighted by atomic mass is 9.84. The van der Waals surface area contributed by atoms with Crippen molar-refractivity contribution in [3.63, 3.8) is 0 Å². The average molecular weight is 367 g/mol. The number of hydrogen-bond acceptors (Lipinski definition) is 4. The first kappa shape index (κ1) is 17.6. The van der Waals surface area contributed by atoms with Crippen molar-refractivity contribution in [1.82, 2.24) is 14.7 Å². The molecule has 2 aliphatic heterocycles. The fourth-order valence-corrected chi connectivity index (χ4v) is 4.11. The summed E-state index contributed by atoms with van der Waals surface area (Å²) in [5, 5.41) is 7.85. The number of nitrogens with zero attached hydrogens (tertiary/aromatic N) is 4. The van der Waals surface area contributed by atoms with Crippen LogP contribution in [0.2, 0.25) is 0 Å². The van der Waals surface area contributed by atoms with E-state index in [1.807, 2.05) is 48.0 Å². The van der Waals surface area contributed by atoms with Crippen LogP contribution in [0.3, 0.4) is 0 Å². The number of para-hydroxylation sites is 2. The average Bonchev–Trinajstić information content (AvgIpc) is 3.00. The molecule has 0 bridgehead atoms. The number of hydrogen-bond donors (Lipinski definition) is 1. The number of aromatic nitrogens is 2. The van der Waals surface area contributed by atoms with Gasteiger partial charge >= 0.3 is 0 Å². The van der Waals surface area contributed by atoms with Gasteiger partial charge in [0.25, 0.3) is 5.91 Å². The Bertz CT molecular complexity index is 896. The van der Waals surface area contributed by atoms with E-state index < -0.39 is 0 Å². The Hall–Kier alpha value is -2.83. The summed E-state index contributed by atoms with van der Waals surface area (Å²) < 4.78 is 1.73. The van der Waals surface area contributed by atoms with Gasteiger partial charge in [-0.3, -0.25) is 14.3 Å². The molecule has 0 saturated carbocycles. The third-order valence-electron chi connectivity index (χ3n) is 5.91. The zero-order valence-electron chi connectivity index (χ0n) is 16.0. The Kier molecular flexibility index (Phi) is 4.17. The molecule has 2 amide bonds. The van der Waals surface area contributed by atoms with Gasteiger partial charge in [0.1, 0.15) is 0 Å². The number of aryl methyl sites for hydroxylation is 1. The minimum absolute atomic E-state index is 0.0371. The molecule has 1 aromatic carbocycles. The van der Waals surface area contributed by atoms with Crippen molar-refractivity contribution in [2.75, 3.05) is 29.9 Å². The molecule has 0 radical (unpaired) electrons. The highest BCUT2D eigenvalue weighted by Gasteiger charge is 2.42. The van der Waals surface area contributed by atoms with Gasteiger partial charge in [0.15, 0.2) is 0 Å². The molecule has 0 aliphatic carbocycles. The SMILES string of the molecule is CC(=O)N1CC2(CCN(C(=O)c3cnn(C)c3C)CC2)Nc2ccccc21. The lowest BCUT2D eigenvalue weighted by Crippen LogP contribution is -2.59. The Labute approximate surface area is 158 Å². The summed E-state index contributed by atoms with van der Waals surface area (Å²) in [4.78, 5) is 28.8. The van der Waals surface area contributed by atoms with Crippen molar-refractivity contribution in [3.05, 3.63) is 41.7 Å². The van der Waals surface area contributed by atoms with E-state index >= 15 is 0 Å². The summed E-state index contributed by atoms with van der Waals surface area (Å²) in [6.07, 6.45) is 3.25. The van der Waals surface area contributed by atoms with E-state index in [4.69, 9.17) is 0 Å². The zero-order valence-corrected chi connectivity index (χ0v) is 16.0. The second kappa shape index (κ2) is 6.40. The maximum atomic E-state index is 12.9. The molecule has 2 aromatic rings. The minimum Gasteiger partial charge on any atom is -0.376 e. The first-order chi connectivity index (χ1) is 12.9. The fraction of sp³-hybridized carbons (Fsp3) is 0.450. The van der Waals surface area contributed by atoms with E-state index in [-0.39, 0.29) is 17.4 Å². The molecule has 1 spiro atoms. The summed E-state index contributed by atoms with van der Waals surface area (Å²) in [6, 6.07) is 7.92. The molecular formula is C20H25N5O2. The normalized spacial score (nSPS) is 18.2. The van der Waals surface area contributed by atoms with Gasteiger partial charge in [-0.15, -0.1) is 0 Å². The smallest absolute Gasteiger partial charge is 0.257 e. The third kappa shape index (κ3) is 2.97. The number of fused-ring (bicyclic) bond motifs is 1. The van der Waals surface area contributed by atoms with Crippen LogP contribution < -0.4 is 10.2 Å². The summed E-state index contributed by atoms with van der Waals surface area (Å²) in [5.41, 5.74) is 3.27. The summed E-state index contributed by atoms with van der Waals surface area (Å²) in [6.45, 7) is 5.48. The minimum atomic E-state index is -0.194. The van der Waals surface area contributed by atoms with Crippen LogP contribution in [-0.4, -0.2) is 51.7 Å². The Morgan fingerprint density at radius 2 is 1.89 bits per heavy atom. The van der Waals surface area contributed by atoms with Crippen LogP contribution >= 0.6 is 0 Å². The number of carbonyl (C=O) groups excluding carboxylic acids is 2. The van der Waals surface area contributed by atoms with E-state index in [0.717, 1.165) is 29.9 Å². The fourth-order valence-electron chi connectivity index (χ4n) is 4.11. The first-order valence-electron chi connectivity index (χ1n) is 9.33. The molecule has 0 unspecified atom stereocenters. The summed E-state index contributed by atoms with van der Waals surface area (Å²) >= 11 is 0. The predicted molar refractivity (Wildman–Crippen MR) is 104 cm³/mol. The number of rotatable bonds is 1. The molecule has 27 heavy (non-hydrogen) atoms. The van der Waals surface area contributed by atoms with E-state index in [1.54, 1.807) is 17.8 Å². The number of amides is 2. The maximum Gasteiger partial charge on any atom is 0.257 e. The quantitative estimate of drug-likeness (QED) is 0.839. The van der Waals surface area contributed by atoms with Gasteiger partial charge in [-0.1, -0.05) is 12.1 Å². The maximum absolute atomic E-state index is 12.9. The van der Waals surface area contributed by atoms with E-state index in [0.29, 0.717) is 25.2 Å². The predicted octanol–water partition coefficient (Wildman–Crippen LogP) is 2.18. The van der Waals surface area contributed by atoms with Gasteiger partial charge in [-0.25, -0.2) is 0 Å². The second-order valence-electron chi connectivity index (χ2n) is 7.59. The van der Waals surface area contributed by atoms with Gasteiger partial charge < -0.3 is 15.1 Å². The molecule has 0 atom stereocenters. The molecule has 3 heterocycles. The monoisotopic (exact) mass is 367 g/mol. The number of anilines is 2. The van der Waals surface area contributed by atoms with Gasteiger partial charge in [-0.05, 0) is 31.9 Å². The number of carbonyl (C=O) groups is 2. The number of piperidine rings is 1. The molecule has 1 aromatic heterocycles. The van der Waals surface area contributed by atoms with Gasteiger partial charge in [0.05, 0.1) is 28.7 Å². The van der Waals surface area contributed by atoms with Crippen molar-refractivity contribution in [3.8, 4) is 0 Å². The van der Waals surface area contributed by atoms with Gasteiger partial charge in [0.2, 0.25) is 5.91 Å². The number of nitrogens with one attached hydrogen (secondary N) is 1. The molecule has 1 saturated heterocycles. The molecule has 2 aliphatic rings. The van der Waals surface area contributed by atoms with Crippen LogP contribution in [0.4, 0.5) is 11.4 Å². The van der Waals surface area contributed by atoms with Gasteiger partial charge in [-0.2, -0.15) is 5.10 Å². The molecule has 7 heteroatoms. The van der Waals surface area contributed by atoms with Crippen LogP contribution in [0, 0.1) is 6.92 Å². The third-order valence-corrected chi connectivity index (χ3v) is 5.91. The summed E-state index contributed by atoms with van der Waals surface area (Å²) in [5.74, 6) is 0.0860. The molecule has 1 fully saturated rings. The molecule has 4 rings (SSSR count). The van der Waals surface area contributed by atoms with Crippen LogP contribution in [0.5, 0.6) is 0 Å². The van der Waals surface area contributed by atoms with Crippen LogP contribution in [0.1, 0.15) is 35.8 Å². The van der Waals surface area contributed by atoms with Crippen molar-refractivity contribution < 1.29 is 9.59 Å². The second-order valence-corrected chi connectivity index (χ2v) is 7.59. The zero-order chi connectivity index (χ0) is 19.2. The highest BCUT2D eigenvalue weighted by molar-refractivity contribution is 5.97. The topological polar surface area (TPSA) is 70.5 Å². The molecular weight excluding hydrogens is 342 g/mol.